The summed E-state index contributed by atoms with van der Waals surface area (Å²) in [5.41, 5.74) is 2.12. The van der Waals surface area contributed by atoms with Crippen molar-refractivity contribution in [1.82, 2.24) is 4.90 Å². The van der Waals surface area contributed by atoms with Gasteiger partial charge in [0.25, 0.3) is 5.91 Å². The number of thioether (sulfide) groups is 1. The highest BCUT2D eigenvalue weighted by atomic mass is 35.5. The van der Waals surface area contributed by atoms with Gasteiger partial charge in [-0.15, -0.1) is 0 Å². The highest BCUT2D eigenvalue weighted by Crippen LogP contribution is 2.29. The van der Waals surface area contributed by atoms with Crippen LogP contribution in [0, 0.1) is 13.8 Å². The van der Waals surface area contributed by atoms with Crippen LogP contribution >= 0.6 is 23.4 Å². The number of aryl methyl sites for hydroxylation is 2. The Morgan fingerprint density at radius 1 is 1.18 bits per heavy atom. The van der Waals surface area contributed by atoms with Gasteiger partial charge in [-0.1, -0.05) is 35.5 Å². The molecule has 0 N–H and O–H groups in total. The summed E-state index contributed by atoms with van der Waals surface area (Å²) in [6.07, 6.45) is 0.930. The Kier molecular flexibility index (Phi) is 6.36. The molecule has 1 saturated heterocycles. The van der Waals surface area contributed by atoms with Crippen molar-refractivity contribution in [2.45, 2.75) is 39.7 Å². The summed E-state index contributed by atoms with van der Waals surface area (Å²) in [6.45, 7) is 8.30. The maximum atomic E-state index is 13.3. The van der Waals surface area contributed by atoms with Crippen LogP contribution in [0.3, 0.4) is 0 Å². The van der Waals surface area contributed by atoms with E-state index < -0.39 is 5.60 Å². The maximum Gasteiger partial charge on any atom is 0.272 e. The molecule has 1 amide bonds. The van der Waals surface area contributed by atoms with Crippen LogP contribution in [0.4, 0.5) is 5.69 Å². The van der Waals surface area contributed by atoms with Crippen LogP contribution in [0.1, 0.15) is 31.4 Å². The normalized spacial score (nSPS) is 16.3. The average Bonchev–Trinajstić information content (AvgIpc) is 2.66. The zero-order valence-corrected chi connectivity index (χ0v) is 18.2. The summed E-state index contributed by atoms with van der Waals surface area (Å²) < 4.78 is 6.00. The molecule has 0 atom stereocenters. The number of amides is 1. The molecular weight excluding hydrogens is 392 g/mol. The topological polar surface area (TPSA) is 41.9 Å². The van der Waals surface area contributed by atoms with Gasteiger partial charge in [-0.25, -0.2) is 4.99 Å². The van der Waals surface area contributed by atoms with Crippen molar-refractivity contribution >= 4 is 40.1 Å². The van der Waals surface area contributed by atoms with Crippen LogP contribution in [-0.4, -0.2) is 33.9 Å². The second kappa shape index (κ2) is 8.58. The van der Waals surface area contributed by atoms with Crippen molar-refractivity contribution in [1.29, 1.82) is 0 Å². The largest absolute Gasteiger partial charge is 0.478 e. The van der Waals surface area contributed by atoms with Crippen LogP contribution in [-0.2, 0) is 4.79 Å². The Bertz CT molecular complexity index is 894. The van der Waals surface area contributed by atoms with Crippen LogP contribution in [0.15, 0.2) is 47.5 Å². The van der Waals surface area contributed by atoms with Crippen molar-refractivity contribution in [3.8, 4) is 5.75 Å². The van der Waals surface area contributed by atoms with E-state index in [2.05, 4.69) is 18.2 Å². The molecule has 1 fully saturated rings. The Morgan fingerprint density at radius 2 is 1.89 bits per heavy atom. The van der Waals surface area contributed by atoms with Gasteiger partial charge >= 0.3 is 0 Å². The lowest BCUT2D eigenvalue weighted by atomic mass is 10.1. The molecule has 1 aliphatic rings. The van der Waals surface area contributed by atoms with Gasteiger partial charge in [0.05, 0.1) is 5.69 Å². The summed E-state index contributed by atoms with van der Waals surface area (Å²) in [5, 5.41) is 1.37. The van der Waals surface area contributed by atoms with Crippen LogP contribution < -0.4 is 4.74 Å². The quantitative estimate of drug-likeness (QED) is 0.635. The second-order valence-corrected chi connectivity index (χ2v) is 8.91. The molecule has 0 saturated carbocycles. The minimum atomic E-state index is -1.02. The number of hydrogen-bond acceptors (Lipinski definition) is 4. The minimum Gasteiger partial charge on any atom is -0.478 e. The first kappa shape index (κ1) is 20.7. The first-order valence-corrected chi connectivity index (χ1v) is 10.7. The standard InChI is InChI=1S/C22H25ClN2O2S/c1-15-6-7-16(2)19(14-15)24-21-25(12-5-13-28-21)20(26)22(3,4)27-18-10-8-17(23)9-11-18/h6-11,14H,5,12-13H2,1-4H3. The second-order valence-electron chi connectivity index (χ2n) is 7.41. The first-order valence-electron chi connectivity index (χ1n) is 9.31. The molecule has 0 bridgehead atoms. The van der Waals surface area contributed by atoms with Gasteiger partial charge < -0.3 is 4.74 Å². The molecule has 1 aliphatic heterocycles. The van der Waals surface area contributed by atoms with Crippen molar-refractivity contribution < 1.29 is 9.53 Å². The number of benzene rings is 2. The highest BCUT2D eigenvalue weighted by Gasteiger charge is 2.37. The van der Waals surface area contributed by atoms with Crippen molar-refractivity contribution in [2.75, 3.05) is 12.3 Å². The van der Waals surface area contributed by atoms with Crippen molar-refractivity contribution in [3.63, 3.8) is 0 Å². The van der Waals surface area contributed by atoms with Gasteiger partial charge in [0, 0.05) is 17.3 Å². The van der Waals surface area contributed by atoms with Gasteiger partial charge in [0.15, 0.2) is 10.8 Å². The lowest BCUT2D eigenvalue weighted by Crippen LogP contribution is -2.52. The number of halogens is 1. The maximum absolute atomic E-state index is 13.3. The van der Waals surface area contributed by atoms with E-state index in [-0.39, 0.29) is 5.91 Å². The zero-order chi connectivity index (χ0) is 20.3. The molecule has 6 heteroatoms. The van der Waals surface area contributed by atoms with Crippen LogP contribution in [0.2, 0.25) is 5.02 Å². The predicted molar refractivity (Wildman–Crippen MR) is 118 cm³/mol. The van der Waals surface area contributed by atoms with E-state index in [1.807, 2.05) is 13.8 Å². The molecule has 0 aromatic heterocycles. The monoisotopic (exact) mass is 416 g/mol. The number of carbonyl (C=O) groups excluding carboxylic acids is 1. The Hall–Kier alpha value is -1.98. The number of ether oxygens (including phenoxy) is 1. The van der Waals surface area contributed by atoms with Gasteiger partial charge in [-0.05, 0) is 75.6 Å². The number of nitrogens with zero attached hydrogens (tertiary/aromatic N) is 2. The lowest BCUT2D eigenvalue weighted by molar-refractivity contribution is -0.141. The van der Waals surface area contributed by atoms with E-state index in [4.69, 9.17) is 21.3 Å². The van der Waals surface area contributed by atoms with Gasteiger partial charge in [-0.2, -0.15) is 0 Å². The number of amidine groups is 1. The van der Waals surface area contributed by atoms with Crippen LogP contribution in [0.25, 0.3) is 0 Å². The minimum absolute atomic E-state index is 0.0984. The Balaban J connectivity index is 1.86. The summed E-state index contributed by atoms with van der Waals surface area (Å²) in [4.78, 5) is 19.9. The van der Waals surface area contributed by atoms with Gasteiger partial charge in [-0.3, -0.25) is 9.69 Å². The Morgan fingerprint density at radius 3 is 2.61 bits per heavy atom. The van der Waals surface area contributed by atoms with Crippen molar-refractivity contribution in [2.24, 2.45) is 4.99 Å². The third-order valence-corrected chi connectivity index (χ3v) is 5.83. The van der Waals surface area contributed by atoms with Crippen molar-refractivity contribution in [3.05, 3.63) is 58.6 Å². The van der Waals surface area contributed by atoms with Gasteiger partial charge in [0.2, 0.25) is 0 Å². The van der Waals surface area contributed by atoms with E-state index in [1.54, 1.807) is 54.8 Å². The first-order chi connectivity index (χ1) is 13.3. The zero-order valence-electron chi connectivity index (χ0n) is 16.7. The molecule has 0 radical (unpaired) electrons. The van der Waals surface area contributed by atoms with Crippen LogP contribution in [0.5, 0.6) is 5.75 Å². The number of carbonyl (C=O) groups is 1. The van der Waals surface area contributed by atoms with E-state index in [0.29, 0.717) is 17.3 Å². The molecule has 0 unspecified atom stereocenters. The number of aliphatic imine (C=N–C) groups is 1. The molecule has 4 nitrogen and oxygen atoms in total. The molecule has 0 aliphatic carbocycles. The molecule has 2 aromatic rings. The molecule has 28 heavy (non-hydrogen) atoms. The summed E-state index contributed by atoms with van der Waals surface area (Å²) in [5.74, 6) is 1.46. The summed E-state index contributed by atoms with van der Waals surface area (Å²) in [6, 6.07) is 13.2. The summed E-state index contributed by atoms with van der Waals surface area (Å²) >= 11 is 7.55. The van der Waals surface area contributed by atoms with E-state index >= 15 is 0 Å². The molecule has 148 valence electrons. The van der Waals surface area contributed by atoms with E-state index in [0.717, 1.165) is 34.2 Å². The predicted octanol–water partition coefficient (Wildman–Crippen LogP) is 5.77. The third-order valence-electron chi connectivity index (χ3n) is 4.52. The smallest absolute Gasteiger partial charge is 0.272 e. The Labute approximate surface area is 175 Å². The fraction of sp³-hybridized carbons (Fsp3) is 0.364. The average molecular weight is 417 g/mol. The fourth-order valence-electron chi connectivity index (χ4n) is 2.95. The lowest BCUT2D eigenvalue weighted by Gasteiger charge is -2.34. The fourth-order valence-corrected chi connectivity index (χ4v) is 4.02. The number of hydrogen-bond donors (Lipinski definition) is 0. The van der Waals surface area contributed by atoms with E-state index in [1.165, 1.54) is 0 Å². The van der Waals surface area contributed by atoms with E-state index in [9.17, 15) is 4.79 Å². The molecule has 3 rings (SSSR count). The molecule has 2 aromatic carbocycles. The molecular formula is C22H25ClN2O2S. The highest BCUT2D eigenvalue weighted by molar-refractivity contribution is 8.13. The third kappa shape index (κ3) is 4.89. The number of rotatable bonds is 4. The SMILES string of the molecule is Cc1ccc(C)c(N=C2SCCCN2C(=O)C(C)(C)Oc2ccc(Cl)cc2)c1. The van der Waals surface area contributed by atoms with Gasteiger partial charge in [0.1, 0.15) is 5.75 Å². The summed E-state index contributed by atoms with van der Waals surface area (Å²) in [7, 11) is 0. The molecule has 1 heterocycles. The molecule has 0 spiro atoms.